The number of benzene rings is 1. The number of aryl methyl sites for hydroxylation is 1. The Morgan fingerprint density at radius 3 is 2.90 bits per heavy atom. The van der Waals surface area contributed by atoms with E-state index >= 15 is 0 Å². The molecule has 1 aromatic rings. The lowest BCUT2D eigenvalue weighted by molar-refractivity contribution is -0.0229. The molecule has 0 spiro atoms. The topological polar surface area (TPSA) is 84.7 Å². The average Bonchev–Trinajstić information content (AvgIpc) is 2.45. The van der Waals surface area contributed by atoms with Gasteiger partial charge < -0.3 is 10.5 Å². The predicted molar refractivity (Wildman–Crippen MR) is 82.6 cm³/mol. The number of nitrogens with zero attached hydrogens (tertiary/aromatic N) is 1. The molecule has 1 aliphatic rings. The van der Waals surface area contributed by atoms with Crippen LogP contribution in [0.3, 0.4) is 0 Å². The van der Waals surface area contributed by atoms with Crippen molar-refractivity contribution in [2.24, 2.45) is 0 Å². The van der Waals surface area contributed by atoms with E-state index in [1.54, 1.807) is 19.1 Å². The molecule has 0 amide bonds. The van der Waals surface area contributed by atoms with E-state index in [1.165, 1.54) is 6.07 Å². The monoisotopic (exact) mass is 313 g/mol. The highest BCUT2D eigenvalue weighted by Gasteiger charge is 2.23. The Morgan fingerprint density at radius 1 is 1.48 bits per heavy atom. The first kappa shape index (κ1) is 16.2. The zero-order valence-electron chi connectivity index (χ0n) is 12.5. The number of nitrogens with two attached hydrogens (primary N) is 1. The number of anilines is 1. The first-order chi connectivity index (χ1) is 9.92. The fourth-order valence-corrected chi connectivity index (χ4v) is 3.74. The summed E-state index contributed by atoms with van der Waals surface area (Å²) >= 11 is 0. The van der Waals surface area contributed by atoms with Crippen molar-refractivity contribution in [3.8, 4) is 0 Å². The third kappa shape index (κ3) is 4.16. The van der Waals surface area contributed by atoms with Crippen LogP contribution < -0.4 is 10.5 Å². The SMILES string of the molecule is CCN1CCOC(CNS(=O)(=O)c2ccc(N)cc2C)C1. The van der Waals surface area contributed by atoms with E-state index in [-0.39, 0.29) is 17.5 Å². The minimum absolute atomic E-state index is 0.109. The standard InChI is InChI=1S/C14H23N3O3S/c1-3-17-6-7-20-13(10-17)9-16-21(18,19)14-5-4-12(15)8-11(14)2/h4-5,8,13,16H,3,6-7,9-10,15H2,1-2H3. The van der Waals surface area contributed by atoms with Crippen molar-refractivity contribution in [3.63, 3.8) is 0 Å². The molecule has 1 fully saturated rings. The zero-order valence-corrected chi connectivity index (χ0v) is 13.3. The molecule has 1 heterocycles. The van der Waals surface area contributed by atoms with Crippen LogP contribution in [0.1, 0.15) is 12.5 Å². The number of morpholine rings is 1. The van der Waals surface area contributed by atoms with E-state index in [2.05, 4.69) is 16.5 Å². The lowest BCUT2D eigenvalue weighted by Gasteiger charge is -2.32. The normalized spacial score (nSPS) is 20.6. The van der Waals surface area contributed by atoms with Crippen LogP contribution in [0.25, 0.3) is 0 Å². The van der Waals surface area contributed by atoms with Crippen LogP contribution in [0.4, 0.5) is 5.69 Å². The van der Waals surface area contributed by atoms with Gasteiger partial charge in [0, 0.05) is 25.3 Å². The van der Waals surface area contributed by atoms with Gasteiger partial charge in [-0.05, 0) is 37.2 Å². The van der Waals surface area contributed by atoms with Gasteiger partial charge in [0.2, 0.25) is 10.0 Å². The molecule has 1 atom stereocenters. The summed E-state index contributed by atoms with van der Waals surface area (Å²) in [5.41, 5.74) is 6.85. The van der Waals surface area contributed by atoms with Crippen molar-refractivity contribution in [3.05, 3.63) is 23.8 Å². The molecule has 1 aliphatic heterocycles. The van der Waals surface area contributed by atoms with E-state index in [1.807, 2.05) is 0 Å². The molecule has 0 radical (unpaired) electrons. The van der Waals surface area contributed by atoms with E-state index in [0.29, 0.717) is 17.9 Å². The maximum absolute atomic E-state index is 12.3. The lowest BCUT2D eigenvalue weighted by atomic mass is 10.2. The van der Waals surface area contributed by atoms with Crippen molar-refractivity contribution in [2.45, 2.75) is 24.8 Å². The van der Waals surface area contributed by atoms with Gasteiger partial charge >= 0.3 is 0 Å². The molecular weight excluding hydrogens is 290 g/mol. The maximum Gasteiger partial charge on any atom is 0.240 e. The number of hydrogen-bond donors (Lipinski definition) is 2. The second kappa shape index (κ2) is 6.74. The largest absolute Gasteiger partial charge is 0.399 e. The second-order valence-electron chi connectivity index (χ2n) is 5.26. The average molecular weight is 313 g/mol. The van der Waals surface area contributed by atoms with E-state index < -0.39 is 10.0 Å². The Labute approximate surface area is 126 Å². The van der Waals surface area contributed by atoms with Crippen molar-refractivity contribution >= 4 is 15.7 Å². The van der Waals surface area contributed by atoms with Gasteiger partial charge in [0.1, 0.15) is 0 Å². The first-order valence-corrected chi connectivity index (χ1v) is 8.60. The molecular formula is C14H23N3O3S. The summed E-state index contributed by atoms with van der Waals surface area (Å²) in [5, 5.41) is 0. The minimum atomic E-state index is -3.54. The predicted octanol–water partition coefficient (Wildman–Crippen LogP) is 0.576. The summed E-state index contributed by atoms with van der Waals surface area (Å²) in [5.74, 6) is 0. The molecule has 2 rings (SSSR count). The molecule has 1 saturated heterocycles. The van der Waals surface area contributed by atoms with Gasteiger partial charge in [-0.25, -0.2) is 13.1 Å². The Kier molecular flexibility index (Phi) is 5.21. The number of ether oxygens (including phenoxy) is 1. The first-order valence-electron chi connectivity index (χ1n) is 7.12. The maximum atomic E-state index is 12.3. The summed E-state index contributed by atoms with van der Waals surface area (Å²) in [4.78, 5) is 2.51. The number of likely N-dealkylation sites (N-methyl/N-ethyl adjacent to an activating group) is 1. The lowest BCUT2D eigenvalue weighted by Crippen LogP contribution is -2.47. The number of nitrogens with one attached hydrogen (secondary N) is 1. The Bertz CT molecular complexity index is 589. The quantitative estimate of drug-likeness (QED) is 0.777. The molecule has 3 N–H and O–H groups in total. The highest BCUT2D eigenvalue weighted by molar-refractivity contribution is 7.89. The number of rotatable bonds is 5. The molecule has 118 valence electrons. The summed E-state index contributed by atoms with van der Waals surface area (Å²) in [7, 11) is -3.54. The summed E-state index contributed by atoms with van der Waals surface area (Å²) in [6, 6.07) is 4.79. The van der Waals surface area contributed by atoms with Gasteiger partial charge in [-0.1, -0.05) is 6.92 Å². The van der Waals surface area contributed by atoms with Crippen molar-refractivity contribution in [1.82, 2.24) is 9.62 Å². The van der Waals surface area contributed by atoms with Gasteiger partial charge in [-0.15, -0.1) is 0 Å². The van der Waals surface area contributed by atoms with Gasteiger partial charge in [-0.3, -0.25) is 4.90 Å². The highest BCUT2D eigenvalue weighted by atomic mass is 32.2. The van der Waals surface area contributed by atoms with E-state index in [9.17, 15) is 8.42 Å². The number of hydrogen-bond acceptors (Lipinski definition) is 5. The molecule has 0 aliphatic carbocycles. The van der Waals surface area contributed by atoms with Crippen LogP contribution in [0.15, 0.2) is 23.1 Å². The van der Waals surface area contributed by atoms with Crippen molar-refractivity contribution in [1.29, 1.82) is 0 Å². The molecule has 0 aromatic heterocycles. The smallest absolute Gasteiger partial charge is 0.240 e. The zero-order chi connectivity index (χ0) is 15.5. The Morgan fingerprint density at radius 2 is 2.24 bits per heavy atom. The summed E-state index contributed by atoms with van der Waals surface area (Å²) in [6.45, 7) is 7.34. The summed E-state index contributed by atoms with van der Waals surface area (Å²) < 4.78 is 32.9. The Hall–Kier alpha value is -1.15. The fraction of sp³-hybridized carbons (Fsp3) is 0.571. The molecule has 6 nitrogen and oxygen atoms in total. The molecule has 1 aromatic carbocycles. The fourth-order valence-electron chi connectivity index (χ4n) is 2.45. The number of nitrogen functional groups attached to an aromatic ring is 1. The van der Waals surface area contributed by atoms with Gasteiger partial charge in [0.25, 0.3) is 0 Å². The second-order valence-corrected chi connectivity index (χ2v) is 7.00. The van der Waals surface area contributed by atoms with Gasteiger partial charge in [0.15, 0.2) is 0 Å². The highest BCUT2D eigenvalue weighted by Crippen LogP contribution is 2.17. The van der Waals surface area contributed by atoms with Crippen LogP contribution in [0.5, 0.6) is 0 Å². The minimum Gasteiger partial charge on any atom is -0.399 e. The third-order valence-electron chi connectivity index (χ3n) is 3.66. The van der Waals surface area contributed by atoms with E-state index in [4.69, 9.17) is 10.5 Å². The number of sulfonamides is 1. The van der Waals surface area contributed by atoms with Crippen LogP contribution in [0, 0.1) is 6.92 Å². The molecule has 0 bridgehead atoms. The van der Waals surface area contributed by atoms with Crippen molar-refractivity contribution in [2.75, 3.05) is 38.5 Å². The van der Waals surface area contributed by atoms with Crippen LogP contribution in [-0.4, -0.2) is 52.2 Å². The van der Waals surface area contributed by atoms with Crippen LogP contribution in [0.2, 0.25) is 0 Å². The third-order valence-corrected chi connectivity index (χ3v) is 5.24. The van der Waals surface area contributed by atoms with Gasteiger partial charge in [0.05, 0.1) is 17.6 Å². The van der Waals surface area contributed by atoms with Crippen molar-refractivity contribution < 1.29 is 13.2 Å². The van der Waals surface area contributed by atoms with Gasteiger partial charge in [-0.2, -0.15) is 0 Å². The summed E-state index contributed by atoms with van der Waals surface area (Å²) in [6.07, 6.45) is -0.109. The molecule has 0 saturated carbocycles. The molecule has 21 heavy (non-hydrogen) atoms. The molecule has 1 unspecified atom stereocenters. The van der Waals surface area contributed by atoms with Crippen LogP contribution in [-0.2, 0) is 14.8 Å². The Balaban J connectivity index is 2.01. The van der Waals surface area contributed by atoms with Crippen LogP contribution >= 0.6 is 0 Å². The molecule has 7 heteroatoms. The van der Waals surface area contributed by atoms with E-state index in [0.717, 1.165) is 19.6 Å².